The molecule has 128 valence electrons. The number of hydrogen-bond acceptors (Lipinski definition) is 4. The fraction of sp³-hybridized carbons (Fsp3) is 0.300. The summed E-state index contributed by atoms with van der Waals surface area (Å²) in [7, 11) is 0. The molecular formula is C20H21N3O2. The van der Waals surface area contributed by atoms with Gasteiger partial charge in [0.1, 0.15) is 17.4 Å². The van der Waals surface area contributed by atoms with E-state index in [4.69, 9.17) is 4.42 Å². The standard InChI is InChI=1S/C20H21N3O2/c21-16-18(15-19-7-4-14-25-19)20(24)23-12-10-22(11-13-23)9-8-17-5-2-1-3-6-17/h1-7,14-15H,8-13H2/b18-15-. The minimum absolute atomic E-state index is 0.118. The van der Waals surface area contributed by atoms with Gasteiger partial charge in [0, 0.05) is 38.8 Å². The zero-order valence-electron chi connectivity index (χ0n) is 14.1. The van der Waals surface area contributed by atoms with Gasteiger partial charge in [-0.05, 0) is 24.1 Å². The number of carbonyl (C=O) groups excluding carboxylic acids is 1. The molecule has 3 rings (SSSR count). The molecule has 0 unspecified atom stereocenters. The van der Waals surface area contributed by atoms with E-state index >= 15 is 0 Å². The van der Waals surface area contributed by atoms with Crippen LogP contribution in [0.1, 0.15) is 11.3 Å². The first-order valence-corrected chi connectivity index (χ1v) is 8.47. The number of benzene rings is 1. The Bertz CT molecular complexity index is 752. The minimum atomic E-state index is -0.221. The fourth-order valence-electron chi connectivity index (χ4n) is 2.93. The van der Waals surface area contributed by atoms with Crippen LogP contribution in [0.3, 0.4) is 0 Å². The predicted molar refractivity (Wildman–Crippen MR) is 95.5 cm³/mol. The lowest BCUT2D eigenvalue weighted by atomic mass is 10.1. The van der Waals surface area contributed by atoms with E-state index in [2.05, 4.69) is 29.2 Å². The Hall–Kier alpha value is -2.84. The second-order valence-electron chi connectivity index (χ2n) is 6.05. The molecule has 25 heavy (non-hydrogen) atoms. The van der Waals surface area contributed by atoms with Crippen molar-refractivity contribution in [3.63, 3.8) is 0 Å². The maximum Gasteiger partial charge on any atom is 0.264 e. The molecule has 0 aliphatic carbocycles. The summed E-state index contributed by atoms with van der Waals surface area (Å²) in [6, 6.07) is 15.9. The van der Waals surface area contributed by atoms with E-state index in [1.54, 1.807) is 17.0 Å². The van der Waals surface area contributed by atoms with Gasteiger partial charge in [-0.2, -0.15) is 5.26 Å². The van der Waals surface area contributed by atoms with Crippen LogP contribution in [-0.4, -0.2) is 48.4 Å². The van der Waals surface area contributed by atoms with Gasteiger partial charge in [0.15, 0.2) is 0 Å². The summed E-state index contributed by atoms with van der Waals surface area (Å²) < 4.78 is 5.19. The Kier molecular flexibility index (Phi) is 5.65. The highest BCUT2D eigenvalue weighted by atomic mass is 16.3. The highest BCUT2D eigenvalue weighted by molar-refractivity contribution is 6.01. The van der Waals surface area contributed by atoms with Gasteiger partial charge in [-0.15, -0.1) is 0 Å². The fourth-order valence-corrected chi connectivity index (χ4v) is 2.93. The second kappa shape index (κ2) is 8.32. The first-order valence-electron chi connectivity index (χ1n) is 8.47. The van der Waals surface area contributed by atoms with E-state index in [1.165, 1.54) is 17.9 Å². The average molecular weight is 335 g/mol. The lowest BCUT2D eigenvalue weighted by Gasteiger charge is -2.34. The molecule has 1 aliphatic heterocycles. The molecule has 0 radical (unpaired) electrons. The number of piperazine rings is 1. The van der Waals surface area contributed by atoms with Gasteiger partial charge in [-0.25, -0.2) is 0 Å². The van der Waals surface area contributed by atoms with Crippen molar-refractivity contribution in [3.8, 4) is 6.07 Å². The zero-order valence-corrected chi connectivity index (χ0v) is 14.1. The van der Waals surface area contributed by atoms with Crippen LogP contribution < -0.4 is 0 Å². The summed E-state index contributed by atoms with van der Waals surface area (Å²) in [6.07, 6.45) is 4.04. The van der Waals surface area contributed by atoms with Crippen molar-refractivity contribution < 1.29 is 9.21 Å². The Morgan fingerprint density at radius 3 is 2.52 bits per heavy atom. The molecule has 0 spiro atoms. The molecule has 2 aromatic rings. The molecule has 1 fully saturated rings. The number of amides is 1. The third-order valence-electron chi connectivity index (χ3n) is 4.40. The van der Waals surface area contributed by atoms with Crippen molar-refractivity contribution in [2.75, 3.05) is 32.7 Å². The summed E-state index contributed by atoms with van der Waals surface area (Å²) in [6.45, 7) is 3.94. The van der Waals surface area contributed by atoms with Crippen molar-refractivity contribution in [1.82, 2.24) is 9.80 Å². The molecule has 0 saturated carbocycles. The molecule has 1 aromatic heterocycles. The van der Waals surface area contributed by atoms with Crippen molar-refractivity contribution >= 4 is 12.0 Å². The normalized spacial score (nSPS) is 15.8. The molecule has 1 saturated heterocycles. The molecule has 1 amide bonds. The quantitative estimate of drug-likeness (QED) is 0.622. The highest BCUT2D eigenvalue weighted by Gasteiger charge is 2.23. The number of hydrogen-bond donors (Lipinski definition) is 0. The highest BCUT2D eigenvalue weighted by Crippen LogP contribution is 2.12. The molecule has 0 N–H and O–H groups in total. The third kappa shape index (κ3) is 4.59. The molecular weight excluding hydrogens is 314 g/mol. The van der Waals surface area contributed by atoms with Gasteiger partial charge in [-0.1, -0.05) is 30.3 Å². The van der Waals surface area contributed by atoms with Crippen LogP contribution in [0.15, 0.2) is 58.7 Å². The summed E-state index contributed by atoms with van der Waals surface area (Å²) in [5.41, 5.74) is 1.45. The second-order valence-corrected chi connectivity index (χ2v) is 6.05. The number of carbonyl (C=O) groups is 1. The van der Waals surface area contributed by atoms with Crippen LogP contribution in [-0.2, 0) is 11.2 Å². The minimum Gasteiger partial charge on any atom is -0.465 e. The Morgan fingerprint density at radius 1 is 1.12 bits per heavy atom. The summed E-state index contributed by atoms with van der Waals surface area (Å²) in [4.78, 5) is 16.6. The van der Waals surface area contributed by atoms with Gasteiger partial charge in [0.2, 0.25) is 0 Å². The third-order valence-corrected chi connectivity index (χ3v) is 4.40. The molecule has 0 bridgehead atoms. The van der Waals surface area contributed by atoms with Gasteiger partial charge in [0.05, 0.1) is 6.26 Å². The molecule has 0 atom stereocenters. The summed E-state index contributed by atoms with van der Waals surface area (Å²) in [5, 5.41) is 9.27. The van der Waals surface area contributed by atoms with Crippen molar-refractivity contribution in [2.45, 2.75) is 6.42 Å². The smallest absolute Gasteiger partial charge is 0.264 e. The maximum atomic E-state index is 12.5. The van der Waals surface area contributed by atoms with Crippen molar-refractivity contribution in [1.29, 1.82) is 5.26 Å². The monoisotopic (exact) mass is 335 g/mol. The summed E-state index contributed by atoms with van der Waals surface area (Å²) in [5.74, 6) is 0.299. The Balaban J connectivity index is 1.51. The zero-order chi connectivity index (χ0) is 17.5. The Labute approximate surface area is 147 Å². The van der Waals surface area contributed by atoms with Crippen LogP contribution in [0.4, 0.5) is 0 Å². The molecule has 5 nitrogen and oxygen atoms in total. The van der Waals surface area contributed by atoms with E-state index in [-0.39, 0.29) is 11.5 Å². The van der Waals surface area contributed by atoms with E-state index < -0.39 is 0 Å². The summed E-state index contributed by atoms with van der Waals surface area (Å²) >= 11 is 0. The van der Waals surface area contributed by atoms with Crippen LogP contribution in [0.5, 0.6) is 0 Å². The van der Waals surface area contributed by atoms with Gasteiger partial charge >= 0.3 is 0 Å². The van der Waals surface area contributed by atoms with Crippen molar-refractivity contribution in [3.05, 3.63) is 65.6 Å². The number of rotatable bonds is 5. The molecule has 1 aliphatic rings. The SMILES string of the molecule is N#C/C(=C/c1ccco1)C(=O)N1CCN(CCc2ccccc2)CC1. The van der Waals surface area contributed by atoms with E-state index in [0.717, 1.165) is 26.1 Å². The molecule has 2 heterocycles. The Morgan fingerprint density at radius 2 is 1.88 bits per heavy atom. The number of nitriles is 1. The van der Waals surface area contributed by atoms with Gasteiger partial charge in [0.25, 0.3) is 5.91 Å². The predicted octanol–water partition coefficient (Wildman–Crippen LogP) is 2.57. The van der Waals surface area contributed by atoms with Crippen LogP contribution >= 0.6 is 0 Å². The van der Waals surface area contributed by atoms with E-state index in [9.17, 15) is 10.1 Å². The van der Waals surface area contributed by atoms with E-state index in [1.807, 2.05) is 12.1 Å². The first-order chi connectivity index (χ1) is 12.3. The van der Waals surface area contributed by atoms with Gasteiger partial charge < -0.3 is 9.32 Å². The van der Waals surface area contributed by atoms with Crippen LogP contribution in [0.25, 0.3) is 6.08 Å². The lowest BCUT2D eigenvalue weighted by Crippen LogP contribution is -2.49. The lowest BCUT2D eigenvalue weighted by molar-refractivity contribution is -0.128. The first kappa shape index (κ1) is 17.0. The largest absolute Gasteiger partial charge is 0.465 e. The maximum absolute atomic E-state index is 12.5. The average Bonchev–Trinajstić information content (AvgIpc) is 3.18. The van der Waals surface area contributed by atoms with E-state index in [0.29, 0.717) is 18.8 Å². The van der Waals surface area contributed by atoms with Crippen LogP contribution in [0, 0.1) is 11.3 Å². The molecule has 5 heteroatoms. The number of nitrogens with zero attached hydrogens (tertiary/aromatic N) is 3. The van der Waals surface area contributed by atoms with Crippen LogP contribution in [0.2, 0.25) is 0 Å². The number of furan rings is 1. The van der Waals surface area contributed by atoms with Crippen molar-refractivity contribution in [2.24, 2.45) is 0 Å². The topological polar surface area (TPSA) is 60.5 Å². The molecule has 1 aromatic carbocycles. The van der Waals surface area contributed by atoms with Gasteiger partial charge in [-0.3, -0.25) is 9.69 Å².